The molecule has 0 radical (unpaired) electrons. The molecule has 0 saturated carbocycles. The lowest BCUT2D eigenvalue weighted by Crippen LogP contribution is -2.46. The molecule has 0 aliphatic carbocycles. The molecule has 0 spiro atoms. The number of aromatic amines is 1. The van der Waals surface area contributed by atoms with Gasteiger partial charge in [0, 0.05) is 6.42 Å². The van der Waals surface area contributed by atoms with E-state index in [9.17, 15) is 29.4 Å². The first-order valence-electron chi connectivity index (χ1n) is 8.37. The van der Waals surface area contributed by atoms with Crippen molar-refractivity contribution >= 4 is 22.8 Å². The summed E-state index contributed by atoms with van der Waals surface area (Å²) in [6.45, 7) is -0.613. The van der Waals surface area contributed by atoms with Crippen molar-refractivity contribution in [2.75, 3.05) is 0 Å². The first-order chi connectivity index (χ1) is 13.3. The maximum atomic E-state index is 12.5. The van der Waals surface area contributed by atoms with Gasteiger partial charge in [-0.2, -0.15) is 0 Å². The summed E-state index contributed by atoms with van der Waals surface area (Å²) in [7, 11) is 0. The van der Waals surface area contributed by atoms with Gasteiger partial charge in [-0.3, -0.25) is 14.2 Å². The molecule has 9 heteroatoms. The molecule has 3 rings (SSSR count). The molecule has 144 valence electrons. The molecule has 0 unspecified atom stereocenters. The van der Waals surface area contributed by atoms with Crippen molar-refractivity contribution in [3.8, 4) is 5.75 Å². The summed E-state index contributed by atoms with van der Waals surface area (Å²) in [6, 6.07) is 11.0. The number of fused-ring (bicyclic) bond motifs is 1. The van der Waals surface area contributed by atoms with Crippen LogP contribution >= 0.6 is 0 Å². The number of nitrogens with one attached hydrogen (secondary N) is 2. The van der Waals surface area contributed by atoms with Gasteiger partial charge in [0.05, 0.1) is 10.9 Å². The number of benzene rings is 2. The molecule has 0 saturated heterocycles. The zero-order valence-corrected chi connectivity index (χ0v) is 14.6. The lowest BCUT2D eigenvalue weighted by Gasteiger charge is -2.15. The molecule has 1 atom stereocenters. The first kappa shape index (κ1) is 18.9. The molecule has 1 amide bonds. The van der Waals surface area contributed by atoms with E-state index >= 15 is 0 Å². The number of carboxylic acid groups (broad SMARTS) is 1. The third-order valence-electron chi connectivity index (χ3n) is 4.20. The highest BCUT2D eigenvalue weighted by Crippen LogP contribution is 2.11. The van der Waals surface area contributed by atoms with Gasteiger partial charge in [-0.25, -0.2) is 9.59 Å². The fourth-order valence-electron chi connectivity index (χ4n) is 2.79. The molecule has 0 aliphatic heterocycles. The quantitative estimate of drug-likeness (QED) is 0.479. The smallest absolute Gasteiger partial charge is 0.329 e. The molecular formula is C19H17N3O6. The Bertz CT molecular complexity index is 1150. The van der Waals surface area contributed by atoms with Crippen LogP contribution in [0.1, 0.15) is 5.56 Å². The van der Waals surface area contributed by atoms with E-state index in [1.54, 1.807) is 18.2 Å². The third kappa shape index (κ3) is 4.09. The number of carbonyl (C=O) groups excluding carboxylic acids is 1. The molecule has 28 heavy (non-hydrogen) atoms. The lowest BCUT2D eigenvalue weighted by molar-refractivity contribution is -0.141. The highest BCUT2D eigenvalue weighted by molar-refractivity contribution is 5.84. The monoisotopic (exact) mass is 383 g/mol. The van der Waals surface area contributed by atoms with Gasteiger partial charge in [-0.05, 0) is 29.8 Å². The normalized spacial score (nSPS) is 11.9. The van der Waals surface area contributed by atoms with Crippen molar-refractivity contribution in [2.24, 2.45) is 0 Å². The maximum absolute atomic E-state index is 12.5. The second-order valence-corrected chi connectivity index (χ2v) is 6.20. The number of rotatable bonds is 6. The molecule has 0 aliphatic rings. The van der Waals surface area contributed by atoms with Gasteiger partial charge < -0.3 is 20.5 Å². The fraction of sp³-hybridized carbons (Fsp3) is 0.158. The first-order valence-corrected chi connectivity index (χ1v) is 8.37. The van der Waals surface area contributed by atoms with Crippen LogP contribution in [0.25, 0.3) is 10.9 Å². The Morgan fingerprint density at radius 1 is 1.07 bits per heavy atom. The van der Waals surface area contributed by atoms with Gasteiger partial charge in [0.15, 0.2) is 0 Å². The maximum Gasteiger partial charge on any atom is 0.329 e. The summed E-state index contributed by atoms with van der Waals surface area (Å²) >= 11 is 0. The minimum atomic E-state index is -1.26. The molecule has 1 heterocycles. The van der Waals surface area contributed by atoms with E-state index in [2.05, 4.69) is 10.3 Å². The summed E-state index contributed by atoms with van der Waals surface area (Å²) in [5.74, 6) is -2.01. The van der Waals surface area contributed by atoms with E-state index in [0.29, 0.717) is 11.1 Å². The van der Waals surface area contributed by atoms with Crippen LogP contribution in [0.2, 0.25) is 0 Å². The van der Waals surface area contributed by atoms with Crippen molar-refractivity contribution in [2.45, 2.75) is 19.0 Å². The van der Waals surface area contributed by atoms with Crippen molar-refractivity contribution in [1.29, 1.82) is 0 Å². The van der Waals surface area contributed by atoms with Crippen LogP contribution in [0.15, 0.2) is 58.1 Å². The Kier molecular flexibility index (Phi) is 5.25. The molecule has 0 bridgehead atoms. The highest BCUT2D eigenvalue weighted by atomic mass is 16.4. The Morgan fingerprint density at radius 2 is 1.75 bits per heavy atom. The standard InChI is InChI=1S/C19H17N3O6/c23-12-7-5-11(6-8-12)9-15(18(26)27)20-16(24)10-22-17(25)13-3-1-2-4-14(13)21-19(22)28/h1-8,15,23H,9-10H2,(H,20,24)(H,21,28)(H,26,27)/t15-/m0/s1. The van der Waals surface area contributed by atoms with Crippen molar-refractivity contribution in [3.63, 3.8) is 0 Å². The van der Waals surface area contributed by atoms with Crippen molar-refractivity contribution in [3.05, 3.63) is 74.9 Å². The number of phenolic OH excluding ortho intramolecular Hbond substituents is 1. The van der Waals surface area contributed by atoms with Crippen molar-refractivity contribution in [1.82, 2.24) is 14.9 Å². The van der Waals surface area contributed by atoms with Crippen LogP contribution in [0.4, 0.5) is 0 Å². The van der Waals surface area contributed by atoms with Gasteiger partial charge >= 0.3 is 11.7 Å². The zero-order valence-electron chi connectivity index (χ0n) is 14.6. The van der Waals surface area contributed by atoms with E-state index in [4.69, 9.17) is 0 Å². The molecule has 9 nitrogen and oxygen atoms in total. The third-order valence-corrected chi connectivity index (χ3v) is 4.20. The Hall–Kier alpha value is -3.88. The van der Waals surface area contributed by atoms with Crippen LogP contribution in [-0.2, 0) is 22.6 Å². The predicted octanol–water partition coefficient (Wildman–Crippen LogP) is 0.207. The topological polar surface area (TPSA) is 141 Å². The number of hydrogen-bond donors (Lipinski definition) is 4. The zero-order chi connectivity index (χ0) is 20.3. The largest absolute Gasteiger partial charge is 0.508 e. The summed E-state index contributed by atoms with van der Waals surface area (Å²) < 4.78 is 0.719. The minimum Gasteiger partial charge on any atom is -0.508 e. The summed E-state index contributed by atoms with van der Waals surface area (Å²) in [6.07, 6.45) is -0.0235. The Labute approximate surface area is 157 Å². The van der Waals surface area contributed by atoms with E-state index in [-0.39, 0.29) is 17.6 Å². The van der Waals surface area contributed by atoms with Crippen molar-refractivity contribution < 1.29 is 19.8 Å². The Balaban J connectivity index is 1.79. The second-order valence-electron chi connectivity index (χ2n) is 6.20. The number of aromatic hydroxyl groups is 1. The molecule has 3 aromatic rings. The predicted molar refractivity (Wildman–Crippen MR) is 100 cm³/mol. The fourth-order valence-corrected chi connectivity index (χ4v) is 2.79. The number of nitrogens with zero attached hydrogens (tertiary/aromatic N) is 1. The van der Waals surface area contributed by atoms with Gasteiger partial charge in [-0.1, -0.05) is 24.3 Å². The lowest BCUT2D eigenvalue weighted by atomic mass is 10.1. The average molecular weight is 383 g/mol. The summed E-state index contributed by atoms with van der Waals surface area (Å²) in [5.41, 5.74) is -0.458. The highest BCUT2D eigenvalue weighted by Gasteiger charge is 2.21. The number of carbonyl (C=O) groups is 2. The van der Waals surface area contributed by atoms with E-state index in [1.807, 2.05) is 0 Å². The molecule has 2 aromatic carbocycles. The minimum absolute atomic E-state index is 0.0235. The van der Waals surface area contributed by atoms with Crippen LogP contribution in [-0.4, -0.2) is 37.7 Å². The van der Waals surface area contributed by atoms with E-state index < -0.39 is 35.7 Å². The second kappa shape index (κ2) is 7.78. The molecular weight excluding hydrogens is 366 g/mol. The van der Waals surface area contributed by atoms with Crippen LogP contribution in [0, 0.1) is 0 Å². The van der Waals surface area contributed by atoms with Gasteiger partial charge in [0.1, 0.15) is 18.3 Å². The number of para-hydroxylation sites is 1. The summed E-state index contributed by atoms with van der Waals surface area (Å²) in [5, 5.41) is 21.2. The van der Waals surface area contributed by atoms with Gasteiger partial charge in [0.2, 0.25) is 5.91 Å². The molecule has 0 fully saturated rings. The number of carboxylic acids is 1. The van der Waals surface area contributed by atoms with Gasteiger partial charge in [-0.15, -0.1) is 0 Å². The molecule has 4 N–H and O–H groups in total. The number of hydrogen-bond acceptors (Lipinski definition) is 5. The number of phenols is 1. The van der Waals surface area contributed by atoms with Crippen LogP contribution in [0.3, 0.4) is 0 Å². The van der Waals surface area contributed by atoms with Crippen LogP contribution < -0.4 is 16.6 Å². The number of aliphatic carboxylic acids is 1. The van der Waals surface area contributed by atoms with Gasteiger partial charge in [0.25, 0.3) is 5.56 Å². The van der Waals surface area contributed by atoms with E-state index in [0.717, 1.165) is 4.57 Å². The number of amides is 1. The Morgan fingerprint density at radius 3 is 2.43 bits per heavy atom. The van der Waals surface area contributed by atoms with Crippen LogP contribution in [0.5, 0.6) is 5.75 Å². The number of H-pyrrole nitrogens is 1. The average Bonchev–Trinajstić information content (AvgIpc) is 2.66. The SMILES string of the molecule is O=C(Cn1c(=O)[nH]c2ccccc2c1=O)N[C@@H](Cc1ccc(O)cc1)C(=O)O. The number of aromatic nitrogens is 2. The van der Waals surface area contributed by atoms with E-state index in [1.165, 1.54) is 30.3 Å². The molecule has 1 aromatic heterocycles. The summed E-state index contributed by atoms with van der Waals surface area (Å²) in [4.78, 5) is 50.8.